The highest BCUT2D eigenvalue weighted by Crippen LogP contribution is 2.39. The van der Waals surface area contributed by atoms with Crippen LogP contribution in [0.3, 0.4) is 0 Å². The Hall–Kier alpha value is -2.51. The second kappa shape index (κ2) is 7.01. The number of hydrogen-bond donors (Lipinski definition) is 0. The maximum absolute atomic E-state index is 14.4. The van der Waals surface area contributed by atoms with Crippen molar-refractivity contribution in [1.82, 2.24) is 4.98 Å². The van der Waals surface area contributed by atoms with Crippen LogP contribution in [-0.2, 0) is 5.41 Å². The van der Waals surface area contributed by atoms with E-state index in [0.717, 1.165) is 12.1 Å². The number of aromatic nitrogens is 1. The van der Waals surface area contributed by atoms with E-state index < -0.39 is 40.6 Å². The first kappa shape index (κ1) is 19.8. The molecule has 1 aromatic heterocycles. The molecule has 0 spiro atoms. The van der Waals surface area contributed by atoms with Gasteiger partial charge in [0.15, 0.2) is 17.4 Å². The molecule has 3 nitrogen and oxygen atoms in total. The van der Waals surface area contributed by atoms with E-state index in [0.29, 0.717) is 12.5 Å². The number of halogens is 5. The van der Waals surface area contributed by atoms with E-state index in [9.17, 15) is 26.7 Å². The lowest BCUT2D eigenvalue weighted by Gasteiger charge is -2.27. The van der Waals surface area contributed by atoms with E-state index in [4.69, 9.17) is 0 Å². The molecule has 0 N–H and O–H groups in total. The Kier molecular flexibility index (Phi) is 5.34. The summed E-state index contributed by atoms with van der Waals surface area (Å²) < 4.78 is 70.0. The first-order valence-corrected chi connectivity index (χ1v) is 7.71. The molecule has 1 aromatic carbocycles. The average molecular weight is 373 g/mol. The molecule has 140 valence electrons. The van der Waals surface area contributed by atoms with E-state index in [1.165, 1.54) is 12.3 Å². The summed E-state index contributed by atoms with van der Waals surface area (Å²) in [5.41, 5.74) is -1.93. The van der Waals surface area contributed by atoms with E-state index in [-0.39, 0.29) is 11.1 Å². The molecule has 0 aliphatic carbocycles. The molecule has 2 rings (SSSR count). The largest absolute Gasteiger partial charge is 0.573 e. The Labute approximate surface area is 146 Å². The molecule has 0 saturated heterocycles. The summed E-state index contributed by atoms with van der Waals surface area (Å²) in [7, 11) is 0. The highest BCUT2D eigenvalue weighted by molar-refractivity contribution is 6.08. The Morgan fingerprint density at radius 2 is 1.81 bits per heavy atom. The molecule has 0 fully saturated rings. The van der Waals surface area contributed by atoms with Gasteiger partial charge in [-0.2, -0.15) is 0 Å². The minimum atomic E-state index is -5.10. The monoisotopic (exact) mass is 373 g/mol. The predicted octanol–water partition coefficient (Wildman–Crippen LogP) is 5.18. The predicted molar refractivity (Wildman–Crippen MR) is 84.0 cm³/mol. The quantitative estimate of drug-likeness (QED) is 0.536. The molecule has 8 heteroatoms. The summed E-state index contributed by atoms with van der Waals surface area (Å²) in [4.78, 5) is 16.1. The lowest BCUT2D eigenvalue weighted by atomic mass is 9.80. The summed E-state index contributed by atoms with van der Waals surface area (Å²) >= 11 is 0. The number of pyridine rings is 1. The van der Waals surface area contributed by atoms with Crippen LogP contribution in [-0.4, -0.2) is 17.1 Å². The van der Waals surface area contributed by atoms with Gasteiger partial charge in [0.1, 0.15) is 5.69 Å². The third-order valence-corrected chi connectivity index (χ3v) is 4.11. The number of ketones is 1. The van der Waals surface area contributed by atoms with Crippen molar-refractivity contribution in [1.29, 1.82) is 0 Å². The van der Waals surface area contributed by atoms with Crippen LogP contribution in [0.25, 0.3) is 0 Å². The SMILES string of the molecule is CCC(C)(C)c1cc(C(=O)c2ncccc2F)cc(F)c1OC(F)(F)F. The van der Waals surface area contributed by atoms with Crippen molar-refractivity contribution in [2.75, 3.05) is 0 Å². The van der Waals surface area contributed by atoms with Crippen LogP contribution in [0.2, 0.25) is 0 Å². The number of rotatable bonds is 5. The number of ether oxygens (including phenoxy) is 1. The first-order valence-electron chi connectivity index (χ1n) is 7.71. The van der Waals surface area contributed by atoms with Crippen LogP contribution in [0, 0.1) is 11.6 Å². The number of benzene rings is 1. The zero-order valence-corrected chi connectivity index (χ0v) is 14.2. The normalized spacial score (nSPS) is 12.2. The molecule has 26 heavy (non-hydrogen) atoms. The van der Waals surface area contributed by atoms with E-state index >= 15 is 0 Å². The molecule has 0 aliphatic heterocycles. The number of alkyl halides is 3. The first-order chi connectivity index (χ1) is 12.0. The highest BCUT2D eigenvalue weighted by atomic mass is 19.4. The third kappa shape index (κ3) is 4.17. The van der Waals surface area contributed by atoms with Gasteiger partial charge in [-0.1, -0.05) is 20.8 Å². The molecule has 0 bridgehead atoms. The van der Waals surface area contributed by atoms with Gasteiger partial charge in [-0.3, -0.25) is 4.79 Å². The lowest BCUT2D eigenvalue weighted by Crippen LogP contribution is -2.24. The second-order valence-corrected chi connectivity index (χ2v) is 6.28. The summed E-state index contributed by atoms with van der Waals surface area (Å²) in [6, 6.07) is 3.96. The van der Waals surface area contributed by atoms with E-state index in [1.807, 2.05) is 0 Å². The number of nitrogens with zero attached hydrogens (tertiary/aromatic N) is 1. The van der Waals surface area contributed by atoms with Gasteiger partial charge in [-0.05, 0) is 36.1 Å². The Bertz CT molecular complexity index is 831. The zero-order chi connectivity index (χ0) is 19.7. The Morgan fingerprint density at radius 1 is 1.15 bits per heavy atom. The fourth-order valence-electron chi connectivity index (χ4n) is 2.33. The van der Waals surface area contributed by atoms with Crippen LogP contribution in [0.1, 0.15) is 48.8 Å². The van der Waals surface area contributed by atoms with Gasteiger partial charge in [-0.25, -0.2) is 13.8 Å². The van der Waals surface area contributed by atoms with E-state index in [2.05, 4.69) is 9.72 Å². The van der Waals surface area contributed by atoms with Crippen molar-refractivity contribution in [3.05, 3.63) is 58.9 Å². The van der Waals surface area contributed by atoms with Gasteiger partial charge >= 0.3 is 6.36 Å². The smallest absolute Gasteiger partial charge is 0.402 e. The molecular weight excluding hydrogens is 357 g/mol. The molecule has 1 heterocycles. The molecule has 0 aliphatic rings. The topological polar surface area (TPSA) is 39.2 Å². The molecule has 2 aromatic rings. The number of hydrogen-bond acceptors (Lipinski definition) is 3. The summed E-state index contributed by atoms with van der Waals surface area (Å²) in [6.45, 7) is 4.86. The molecule has 0 amide bonds. The summed E-state index contributed by atoms with van der Waals surface area (Å²) in [6.07, 6.45) is -3.57. The molecule has 0 saturated carbocycles. The standard InChI is InChI=1S/C18H16F5NO2/c1-4-17(2,3)11-8-10(9-13(20)16(11)26-18(21,22)23)15(25)14-12(19)6-5-7-24-14/h5-9H,4H2,1-3H3. The van der Waals surface area contributed by atoms with Gasteiger partial charge in [0.25, 0.3) is 0 Å². The second-order valence-electron chi connectivity index (χ2n) is 6.28. The van der Waals surface area contributed by atoms with Crippen LogP contribution in [0.15, 0.2) is 30.5 Å². The average Bonchev–Trinajstić information content (AvgIpc) is 2.55. The van der Waals surface area contributed by atoms with Crippen molar-refractivity contribution in [3.8, 4) is 5.75 Å². The van der Waals surface area contributed by atoms with E-state index in [1.54, 1.807) is 20.8 Å². The molecule has 0 atom stereocenters. The van der Waals surface area contributed by atoms with Crippen LogP contribution in [0.5, 0.6) is 5.75 Å². The fourth-order valence-corrected chi connectivity index (χ4v) is 2.33. The minimum Gasteiger partial charge on any atom is -0.402 e. The Morgan fingerprint density at radius 3 is 2.35 bits per heavy atom. The van der Waals surface area contributed by atoms with Gasteiger partial charge in [-0.15, -0.1) is 13.2 Å². The lowest BCUT2D eigenvalue weighted by molar-refractivity contribution is -0.276. The van der Waals surface area contributed by atoms with Crippen LogP contribution in [0.4, 0.5) is 22.0 Å². The highest BCUT2D eigenvalue weighted by Gasteiger charge is 2.37. The maximum atomic E-state index is 14.4. The van der Waals surface area contributed by atoms with Gasteiger partial charge in [0.2, 0.25) is 5.78 Å². The van der Waals surface area contributed by atoms with Crippen molar-refractivity contribution >= 4 is 5.78 Å². The Balaban J connectivity index is 2.64. The third-order valence-electron chi connectivity index (χ3n) is 4.11. The van der Waals surface area contributed by atoms with Gasteiger partial charge < -0.3 is 4.74 Å². The molecule has 0 radical (unpaired) electrons. The fraction of sp³-hybridized carbons (Fsp3) is 0.333. The van der Waals surface area contributed by atoms with Crippen LogP contribution >= 0.6 is 0 Å². The maximum Gasteiger partial charge on any atom is 0.573 e. The van der Waals surface area contributed by atoms with Crippen molar-refractivity contribution in [2.45, 2.75) is 39.0 Å². The molecule has 0 unspecified atom stereocenters. The van der Waals surface area contributed by atoms with Crippen LogP contribution < -0.4 is 4.74 Å². The van der Waals surface area contributed by atoms with Crippen molar-refractivity contribution < 1.29 is 31.5 Å². The number of carbonyl (C=O) groups excluding carboxylic acids is 1. The summed E-state index contributed by atoms with van der Waals surface area (Å²) in [5.74, 6) is -4.21. The van der Waals surface area contributed by atoms with Crippen molar-refractivity contribution in [3.63, 3.8) is 0 Å². The number of carbonyl (C=O) groups is 1. The molecular formula is C18H16F5NO2. The van der Waals surface area contributed by atoms with Gasteiger partial charge in [0, 0.05) is 17.3 Å². The zero-order valence-electron chi connectivity index (χ0n) is 14.2. The summed E-state index contributed by atoms with van der Waals surface area (Å²) in [5, 5.41) is 0. The minimum absolute atomic E-state index is 0.142. The van der Waals surface area contributed by atoms with Crippen molar-refractivity contribution in [2.24, 2.45) is 0 Å². The van der Waals surface area contributed by atoms with Gasteiger partial charge in [0.05, 0.1) is 0 Å².